The lowest BCUT2D eigenvalue weighted by Gasteiger charge is -2.01. The Labute approximate surface area is 75.5 Å². The number of carbonyl (C=O) groups is 1. The maximum absolute atomic E-state index is 11.0. The Morgan fingerprint density at radius 2 is 2.58 bits per heavy atom. The van der Waals surface area contributed by atoms with Gasteiger partial charge in [0, 0.05) is 12.0 Å². The van der Waals surface area contributed by atoms with Gasteiger partial charge in [0.25, 0.3) is 0 Å². The number of amidine groups is 1. The quantitative estimate of drug-likeness (QED) is 0.638. The first kappa shape index (κ1) is 9.12. The van der Waals surface area contributed by atoms with Crippen LogP contribution in [0.5, 0.6) is 0 Å². The van der Waals surface area contributed by atoms with Crippen LogP contribution in [0.4, 0.5) is 4.79 Å². The predicted octanol–water partition coefficient (Wildman–Crippen LogP) is 0.922. The molecule has 1 aliphatic heterocycles. The molecule has 4 nitrogen and oxygen atoms in total. The lowest BCUT2D eigenvalue weighted by atomic mass is 10.7. The average molecular weight is 185 g/mol. The molecule has 0 aromatic carbocycles. The van der Waals surface area contributed by atoms with E-state index in [2.05, 4.69) is 15.6 Å². The molecule has 0 saturated carbocycles. The maximum Gasteiger partial charge on any atom is 0.324 e. The second kappa shape index (κ2) is 4.82. The van der Waals surface area contributed by atoms with Crippen LogP contribution in [-0.2, 0) is 0 Å². The molecule has 5 heteroatoms. The van der Waals surface area contributed by atoms with Gasteiger partial charge in [-0.1, -0.05) is 17.8 Å². The SMILES string of the molecule is C/C=C/NC(=O)NC1=NCCS1. The third-order valence-corrected chi connectivity index (χ3v) is 2.08. The van der Waals surface area contributed by atoms with Gasteiger partial charge in [-0.05, 0) is 6.92 Å². The number of hydrogen-bond acceptors (Lipinski definition) is 3. The molecule has 0 saturated heterocycles. The highest BCUT2D eigenvalue weighted by Crippen LogP contribution is 2.08. The van der Waals surface area contributed by atoms with E-state index in [1.54, 1.807) is 24.0 Å². The number of urea groups is 1. The predicted molar refractivity (Wildman–Crippen MR) is 51.2 cm³/mol. The van der Waals surface area contributed by atoms with Gasteiger partial charge in [0.15, 0.2) is 5.17 Å². The van der Waals surface area contributed by atoms with E-state index in [0.717, 1.165) is 12.3 Å². The fourth-order valence-corrected chi connectivity index (χ4v) is 1.43. The molecule has 12 heavy (non-hydrogen) atoms. The largest absolute Gasteiger partial charge is 0.324 e. The molecule has 0 atom stereocenters. The van der Waals surface area contributed by atoms with E-state index in [1.807, 2.05) is 6.92 Å². The highest BCUT2D eigenvalue weighted by atomic mass is 32.2. The molecule has 0 unspecified atom stereocenters. The van der Waals surface area contributed by atoms with Gasteiger partial charge in [0.1, 0.15) is 0 Å². The first-order chi connectivity index (χ1) is 5.83. The van der Waals surface area contributed by atoms with Gasteiger partial charge in [-0.2, -0.15) is 0 Å². The molecular weight excluding hydrogens is 174 g/mol. The molecule has 0 radical (unpaired) electrons. The van der Waals surface area contributed by atoms with Crippen molar-refractivity contribution in [1.29, 1.82) is 0 Å². The van der Waals surface area contributed by atoms with E-state index >= 15 is 0 Å². The Kier molecular flexibility index (Phi) is 3.66. The van der Waals surface area contributed by atoms with Crippen molar-refractivity contribution >= 4 is 23.0 Å². The van der Waals surface area contributed by atoms with Crippen LogP contribution in [-0.4, -0.2) is 23.5 Å². The Bertz CT molecular complexity index is 225. The first-order valence-corrected chi connectivity index (χ1v) is 4.67. The highest BCUT2D eigenvalue weighted by molar-refractivity contribution is 8.14. The number of aliphatic imine (C=N–C) groups is 1. The van der Waals surface area contributed by atoms with Crippen LogP contribution in [0.2, 0.25) is 0 Å². The van der Waals surface area contributed by atoms with Crippen LogP contribution < -0.4 is 10.6 Å². The molecule has 2 amide bonds. The van der Waals surface area contributed by atoms with Crippen LogP contribution >= 0.6 is 11.8 Å². The minimum atomic E-state index is -0.235. The Hall–Kier alpha value is -0.970. The monoisotopic (exact) mass is 185 g/mol. The number of nitrogens with one attached hydrogen (secondary N) is 2. The van der Waals surface area contributed by atoms with Gasteiger partial charge < -0.3 is 5.32 Å². The van der Waals surface area contributed by atoms with Gasteiger partial charge in [-0.25, -0.2) is 4.79 Å². The summed E-state index contributed by atoms with van der Waals surface area (Å²) in [6.07, 6.45) is 3.33. The van der Waals surface area contributed by atoms with Gasteiger partial charge in [0.05, 0.1) is 6.54 Å². The summed E-state index contributed by atoms with van der Waals surface area (Å²) in [5.41, 5.74) is 0. The summed E-state index contributed by atoms with van der Waals surface area (Å²) in [6.45, 7) is 2.63. The van der Waals surface area contributed by atoms with Gasteiger partial charge >= 0.3 is 6.03 Å². The summed E-state index contributed by atoms with van der Waals surface area (Å²) in [5.74, 6) is 0.958. The molecule has 0 bridgehead atoms. The van der Waals surface area contributed by atoms with Crippen molar-refractivity contribution in [2.45, 2.75) is 6.92 Å². The molecule has 0 aromatic heterocycles. The minimum Gasteiger partial charge on any atom is -0.315 e. The molecule has 1 aliphatic rings. The summed E-state index contributed by atoms with van der Waals surface area (Å²) in [6, 6.07) is -0.235. The smallest absolute Gasteiger partial charge is 0.315 e. The van der Waals surface area contributed by atoms with E-state index in [-0.39, 0.29) is 6.03 Å². The number of thioether (sulfide) groups is 1. The minimum absolute atomic E-state index is 0.235. The topological polar surface area (TPSA) is 53.5 Å². The summed E-state index contributed by atoms with van der Waals surface area (Å²) in [4.78, 5) is 15.1. The van der Waals surface area contributed by atoms with Crippen molar-refractivity contribution < 1.29 is 4.79 Å². The Morgan fingerprint density at radius 3 is 3.17 bits per heavy atom. The highest BCUT2D eigenvalue weighted by Gasteiger charge is 2.08. The normalized spacial score (nSPS) is 16.2. The number of rotatable bonds is 1. The van der Waals surface area contributed by atoms with Crippen molar-refractivity contribution in [3.8, 4) is 0 Å². The Balaban J connectivity index is 2.25. The third kappa shape index (κ3) is 2.96. The molecule has 1 heterocycles. The summed E-state index contributed by atoms with van der Waals surface area (Å²) in [7, 11) is 0. The van der Waals surface area contributed by atoms with Crippen molar-refractivity contribution in [2.75, 3.05) is 12.3 Å². The standard InChI is InChI=1S/C7H11N3OS/c1-2-3-8-6(11)10-7-9-4-5-12-7/h2-3H,4-5H2,1H3,(H2,8,9,10,11)/b3-2+. The molecule has 2 N–H and O–H groups in total. The number of nitrogens with zero attached hydrogens (tertiary/aromatic N) is 1. The van der Waals surface area contributed by atoms with E-state index < -0.39 is 0 Å². The summed E-state index contributed by atoms with van der Waals surface area (Å²) >= 11 is 1.56. The van der Waals surface area contributed by atoms with Crippen LogP contribution in [0.1, 0.15) is 6.92 Å². The Morgan fingerprint density at radius 1 is 1.75 bits per heavy atom. The lowest BCUT2D eigenvalue weighted by Crippen LogP contribution is -2.34. The van der Waals surface area contributed by atoms with Crippen LogP contribution in [0.15, 0.2) is 17.3 Å². The number of carbonyl (C=O) groups excluding carboxylic acids is 1. The third-order valence-electron chi connectivity index (χ3n) is 1.19. The molecule has 0 aliphatic carbocycles. The zero-order valence-corrected chi connectivity index (χ0v) is 7.65. The zero-order chi connectivity index (χ0) is 8.81. The van der Waals surface area contributed by atoms with Crippen LogP contribution in [0, 0.1) is 0 Å². The van der Waals surface area contributed by atoms with E-state index in [0.29, 0.717) is 5.17 Å². The van der Waals surface area contributed by atoms with E-state index in [1.165, 1.54) is 0 Å². The number of amides is 2. The van der Waals surface area contributed by atoms with Crippen molar-refractivity contribution in [3.05, 3.63) is 12.3 Å². The molecule has 1 rings (SSSR count). The van der Waals surface area contributed by atoms with Crippen LogP contribution in [0.3, 0.4) is 0 Å². The van der Waals surface area contributed by atoms with Gasteiger partial charge in [0.2, 0.25) is 0 Å². The fraction of sp³-hybridized carbons (Fsp3) is 0.429. The van der Waals surface area contributed by atoms with E-state index in [4.69, 9.17) is 0 Å². The van der Waals surface area contributed by atoms with Crippen molar-refractivity contribution in [2.24, 2.45) is 4.99 Å². The second-order valence-electron chi connectivity index (χ2n) is 2.13. The fourth-order valence-electron chi connectivity index (χ4n) is 0.703. The van der Waals surface area contributed by atoms with Crippen molar-refractivity contribution in [1.82, 2.24) is 10.6 Å². The summed E-state index contributed by atoms with van der Waals surface area (Å²) in [5, 5.41) is 5.87. The lowest BCUT2D eigenvalue weighted by molar-refractivity contribution is 0.248. The maximum atomic E-state index is 11.0. The molecular formula is C7H11N3OS. The molecule has 66 valence electrons. The molecule has 0 spiro atoms. The summed E-state index contributed by atoms with van der Waals surface area (Å²) < 4.78 is 0. The number of hydrogen-bond donors (Lipinski definition) is 2. The zero-order valence-electron chi connectivity index (χ0n) is 6.83. The second-order valence-corrected chi connectivity index (χ2v) is 3.22. The molecule has 0 aromatic rings. The van der Waals surface area contributed by atoms with Gasteiger partial charge in [-0.3, -0.25) is 10.3 Å². The van der Waals surface area contributed by atoms with E-state index in [9.17, 15) is 4.79 Å². The van der Waals surface area contributed by atoms with Crippen molar-refractivity contribution in [3.63, 3.8) is 0 Å². The average Bonchev–Trinajstić information content (AvgIpc) is 2.53. The molecule has 0 fully saturated rings. The van der Waals surface area contributed by atoms with Gasteiger partial charge in [-0.15, -0.1) is 0 Å². The first-order valence-electron chi connectivity index (χ1n) is 3.69. The number of allylic oxidation sites excluding steroid dienone is 1. The van der Waals surface area contributed by atoms with Crippen LogP contribution in [0.25, 0.3) is 0 Å².